The van der Waals surface area contributed by atoms with Gasteiger partial charge in [0.1, 0.15) is 11.3 Å². The first-order valence-electron chi connectivity index (χ1n) is 13.1. The molecule has 1 saturated heterocycles. The summed E-state index contributed by atoms with van der Waals surface area (Å²) >= 11 is 0. The standard InChI is InChI=1S/C32H31N3O4/c1-4-23-12-14-25(15-13-23)35-31(37)27(30(36)33-32(35)38)19-24-20-34(28-9-6-5-8-26(24)28)16-7-17-39-29-18-21(2)10-11-22(29)3/h5-6,8-15,18-20H,4,7,16-17H2,1-3H3,(H,33,36,38). The maximum Gasteiger partial charge on any atom is 0.335 e. The number of amides is 4. The van der Waals surface area contributed by atoms with Crippen molar-refractivity contribution in [3.63, 3.8) is 0 Å². The average Bonchev–Trinajstić information content (AvgIpc) is 3.28. The zero-order chi connectivity index (χ0) is 27.5. The lowest BCUT2D eigenvalue weighted by Crippen LogP contribution is -2.54. The number of urea groups is 1. The molecule has 198 valence electrons. The third kappa shape index (κ3) is 5.34. The molecule has 0 spiro atoms. The molecule has 2 heterocycles. The predicted molar refractivity (Wildman–Crippen MR) is 153 cm³/mol. The molecule has 1 fully saturated rings. The molecule has 1 aliphatic rings. The Balaban J connectivity index is 1.39. The molecule has 0 aliphatic carbocycles. The molecule has 0 saturated carbocycles. The summed E-state index contributed by atoms with van der Waals surface area (Å²) in [7, 11) is 0. The van der Waals surface area contributed by atoms with E-state index >= 15 is 0 Å². The molecule has 1 aromatic heterocycles. The zero-order valence-electron chi connectivity index (χ0n) is 22.4. The molecule has 7 heteroatoms. The summed E-state index contributed by atoms with van der Waals surface area (Å²) in [4.78, 5) is 39.8. The van der Waals surface area contributed by atoms with Crippen LogP contribution >= 0.6 is 0 Å². The number of carbonyl (C=O) groups excluding carboxylic acids is 3. The Kier molecular flexibility index (Phi) is 7.32. The highest BCUT2D eigenvalue weighted by molar-refractivity contribution is 6.39. The average molecular weight is 522 g/mol. The van der Waals surface area contributed by atoms with Crippen LogP contribution in [0.4, 0.5) is 10.5 Å². The van der Waals surface area contributed by atoms with Gasteiger partial charge in [0.25, 0.3) is 11.8 Å². The maximum absolute atomic E-state index is 13.4. The first-order valence-corrected chi connectivity index (χ1v) is 13.1. The number of carbonyl (C=O) groups is 3. The molecule has 4 amide bonds. The third-order valence-electron chi connectivity index (χ3n) is 6.97. The molecular formula is C32H31N3O4. The van der Waals surface area contributed by atoms with E-state index < -0.39 is 17.8 Å². The predicted octanol–water partition coefficient (Wildman–Crippen LogP) is 5.96. The number of rotatable bonds is 8. The zero-order valence-corrected chi connectivity index (χ0v) is 22.4. The Morgan fingerprint density at radius 2 is 1.72 bits per heavy atom. The van der Waals surface area contributed by atoms with E-state index in [-0.39, 0.29) is 5.57 Å². The SMILES string of the molecule is CCc1ccc(N2C(=O)NC(=O)C(=Cc3cn(CCCOc4cc(C)ccc4C)c4ccccc34)C2=O)cc1. The molecular weight excluding hydrogens is 490 g/mol. The van der Waals surface area contributed by atoms with E-state index in [4.69, 9.17) is 4.74 Å². The van der Waals surface area contributed by atoms with E-state index in [1.165, 1.54) is 0 Å². The lowest BCUT2D eigenvalue weighted by molar-refractivity contribution is -0.122. The van der Waals surface area contributed by atoms with Crippen LogP contribution in [-0.4, -0.2) is 29.0 Å². The molecule has 0 unspecified atom stereocenters. The number of hydrogen-bond acceptors (Lipinski definition) is 4. The second kappa shape index (κ2) is 11.0. The number of nitrogens with one attached hydrogen (secondary N) is 1. The van der Waals surface area contributed by atoms with Gasteiger partial charge in [0.15, 0.2) is 0 Å². The number of imide groups is 2. The highest BCUT2D eigenvalue weighted by Crippen LogP contribution is 2.27. The van der Waals surface area contributed by atoms with E-state index in [1.807, 2.05) is 69.4 Å². The van der Waals surface area contributed by atoms with Crippen molar-refractivity contribution in [3.05, 3.63) is 101 Å². The highest BCUT2D eigenvalue weighted by Gasteiger charge is 2.37. The van der Waals surface area contributed by atoms with Gasteiger partial charge in [-0.05, 0) is 73.7 Å². The van der Waals surface area contributed by atoms with Gasteiger partial charge in [0.05, 0.1) is 12.3 Å². The van der Waals surface area contributed by atoms with Gasteiger partial charge in [-0.2, -0.15) is 0 Å². The van der Waals surface area contributed by atoms with Gasteiger partial charge in [-0.15, -0.1) is 0 Å². The van der Waals surface area contributed by atoms with Crippen molar-refractivity contribution in [2.45, 2.75) is 40.2 Å². The molecule has 4 aromatic rings. The number of para-hydroxylation sites is 1. The fraction of sp³-hybridized carbons (Fsp3) is 0.219. The number of ether oxygens (including phenoxy) is 1. The molecule has 1 N–H and O–H groups in total. The summed E-state index contributed by atoms with van der Waals surface area (Å²) in [6.07, 6.45) is 5.12. The normalized spacial score (nSPS) is 14.8. The van der Waals surface area contributed by atoms with Gasteiger partial charge in [-0.3, -0.25) is 14.9 Å². The summed E-state index contributed by atoms with van der Waals surface area (Å²) in [5, 5.41) is 3.23. The number of nitrogens with zero attached hydrogens (tertiary/aromatic N) is 2. The van der Waals surface area contributed by atoms with Gasteiger partial charge in [0, 0.05) is 29.2 Å². The van der Waals surface area contributed by atoms with E-state index in [0.29, 0.717) is 18.8 Å². The summed E-state index contributed by atoms with van der Waals surface area (Å²) in [6, 6.07) is 20.4. The molecule has 3 aromatic carbocycles. The lowest BCUT2D eigenvalue weighted by Gasteiger charge is -2.26. The van der Waals surface area contributed by atoms with Crippen LogP contribution in [0.1, 0.15) is 35.6 Å². The quantitative estimate of drug-likeness (QED) is 0.176. The first kappa shape index (κ1) is 26.0. The lowest BCUT2D eigenvalue weighted by atomic mass is 10.1. The van der Waals surface area contributed by atoms with Crippen LogP contribution in [0.2, 0.25) is 0 Å². The number of aryl methyl sites for hydroxylation is 4. The van der Waals surface area contributed by atoms with Crippen LogP contribution in [0.5, 0.6) is 5.75 Å². The highest BCUT2D eigenvalue weighted by atomic mass is 16.5. The minimum Gasteiger partial charge on any atom is -0.493 e. The van der Waals surface area contributed by atoms with Crippen molar-refractivity contribution >= 4 is 40.5 Å². The number of fused-ring (bicyclic) bond motifs is 1. The monoisotopic (exact) mass is 521 g/mol. The molecule has 0 radical (unpaired) electrons. The van der Waals surface area contributed by atoms with Crippen molar-refractivity contribution in [1.82, 2.24) is 9.88 Å². The van der Waals surface area contributed by atoms with Crippen molar-refractivity contribution in [3.8, 4) is 5.75 Å². The molecule has 5 rings (SSSR count). The number of barbiturate groups is 1. The molecule has 7 nitrogen and oxygen atoms in total. The van der Waals surface area contributed by atoms with Gasteiger partial charge in [0.2, 0.25) is 0 Å². The van der Waals surface area contributed by atoms with Crippen LogP contribution in [0, 0.1) is 13.8 Å². The smallest absolute Gasteiger partial charge is 0.335 e. The van der Waals surface area contributed by atoms with Crippen molar-refractivity contribution in [2.24, 2.45) is 0 Å². The van der Waals surface area contributed by atoms with Crippen LogP contribution in [0.25, 0.3) is 17.0 Å². The summed E-state index contributed by atoms with van der Waals surface area (Å²) in [5.74, 6) is -0.458. The fourth-order valence-electron chi connectivity index (χ4n) is 4.78. The second-order valence-corrected chi connectivity index (χ2v) is 9.74. The number of benzene rings is 3. The number of aromatic nitrogens is 1. The molecule has 0 bridgehead atoms. The molecule has 0 atom stereocenters. The summed E-state index contributed by atoms with van der Waals surface area (Å²) < 4.78 is 8.13. The second-order valence-electron chi connectivity index (χ2n) is 9.74. The van der Waals surface area contributed by atoms with Gasteiger partial charge >= 0.3 is 6.03 Å². The van der Waals surface area contributed by atoms with E-state index in [2.05, 4.69) is 22.0 Å². The van der Waals surface area contributed by atoms with E-state index in [1.54, 1.807) is 18.2 Å². The van der Waals surface area contributed by atoms with Crippen LogP contribution in [-0.2, 0) is 22.6 Å². The Bertz CT molecular complexity index is 1600. The van der Waals surface area contributed by atoms with E-state index in [0.717, 1.165) is 56.6 Å². The third-order valence-corrected chi connectivity index (χ3v) is 6.97. The molecule has 39 heavy (non-hydrogen) atoms. The minimum atomic E-state index is -0.752. The maximum atomic E-state index is 13.4. The van der Waals surface area contributed by atoms with E-state index in [9.17, 15) is 14.4 Å². The van der Waals surface area contributed by atoms with Crippen LogP contribution in [0.15, 0.2) is 78.5 Å². The van der Waals surface area contributed by atoms with Crippen molar-refractivity contribution in [2.75, 3.05) is 11.5 Å². The Morgan fingerprint density at radius 3 is 2.49 bits per heavy atom. The Labute approximate surface area is 227 Å². The largest absolute Gasteiger partial charge is 0.493 e. The first-order chi connectivity index (χ1) is 18.9. The minimum absolute atomic E-state index is 0.0877. The number of hydrogen-bond donors (Lipinski definition) is 1. The Morgan fingerprint density at radius 1 is 0.949 bits per heavy atom. The topological polar surface area (TPSA) is 80.6 Å². The number of anilines is 1. The van der Waals surface area contributed by atoms with Crippen molar-refractivity contribution in [1.29, 1.82) is 0 Å². The van der Waals surface area contributed by atoms with Crippen LogP contribution < -0.4 is 15.0 Å². The fourth-order valence-corrected chi connectivity index (χ4v) is 4.78. The van der Waals surface area contributed by atoms with Gasteiger partial charge in [-0.25, -0.2) is 9.69 Å². The van der Waals surface area contributed by atoms with Gasteiger partial charge in [-0.1, -0.05) is 49.4 Å². The Hall–Kier alpha value is -4.65. The van der Waals surface area contributed by atoms with Gasteiger partial charge < -0.3 is 9.30 Å². The summed E-state index contributed by atoms with van der Waals surface area (Å²) in [5.41, 5.74) is 5.39. The molecule has 1 aliphatic heterocycles. The summed E-state index contributed by atoms with van der Waals surface area (Å²) in [6.45, 7) is 7.36. The van der Waals surface area contributed by atoms with Crippen LogP contribution in [0.3, 0.4) is 0 Å². The van der Waals surface area contributed by atoms with Crippen molar-refractivity contribution < 1.29 is 19.1 Å².